The number of amidine groups is 1. The third-order valence-electron chi connectivity index (χ3n) is 4.01. The molecular weight excluding hydrogens is 278 g/mol. The van der Waals surface area contributed by atoms with Gasteiger partial charge in [0, 0.05) is 5.20 Å². The lowest BCUT2D eigenvalue weighted by Crippen LogP contribution is -2.51. The maximum Gasteiger partial charge on any atom is 0.181 e. The number of aryl methyl sites for hydroxylation is 1. The maximum atomic E-state index is 12.8. The summed E-state index contributed by atoms with van der Waals surface area (Å²) in [4.78, 5) is 4.78. The molecule has 5 heteroatoms. The van der Waals surface area contributed by atoms with E-state index in [4.69, 9.17) is 4.99 Å². The number of likely N-dealkylation sites (N-methyl/N-ethyl adjacent to an activating group) is 1. The van der Waals surface area contributed by atoms with E-state index in [0.717, 1.165) is 16.7 Å². The van der Waals surface area contributed by atoms with Gasteiger partial charge >= 0.3 is 0 Å². The fourth-order valence-corrected chi connectivity index (χ4v) is 4.23. The van der Waals surface area contributed by atoms with Gasteiger partial charge in [-0.15, -0.1) is 0 Å². The smallest absolute Gasteiger partial charge is 0.181 e. The lowest BCUT2D eigenvalue weighted by molar-refractivity contribution is -0.984. The Bertz CT molecular complexity index is 609. The predicted octanol–water partition coefficient (Wildman–Crippen LogP) is 2.41. The third kappa shape index (κ3) is 2.76. The minimum Gasteiger partial charge on any atom is -0.829 e. The fraction of sp³-hybridized carbons (Fsp3) is 0.438. The van der Waals surface area contributed by atoms with Gasteiger partial charge in [0.25, 0.3) is 0 Å². The third-order valence-corrected chi connectivity index (χ3v) is 5.95. The lowest BCUT2D eigenvalue weighted by Gasteiger charge is -2.36. The molecule has 0 bridgehead atoms. The molecule has 0 saturated carbocycles. The summed E-state index contributed by atoms with van der Waals surface area (Å²) >= 11 is 0. The summed E-state index contributed by atoms with van der Waals surface area (Å²) in [6.07, 6.45) is 0. The van der Waals surface area contributed by atoms with Crippen LogP contribution in [0.5, 0.6) is 0 Å². The SMILES string of the molecule is Cc1ccc(N=C2C([Si](C)(C)C)=C([O-])[N+](C)(C)N2C)cc1. The first-order valence-corrected chi connectivity index (χ1v) is 10.7. The van der Waals surface area contributed by atoms with Crippen LogP contribution in [0.25, 0.3) is 0 Å². The van der Waals surface area contributed by atoms with Crippen LogP contribution in [0.1, 0.15) is 5.56 Å². The maximum absolute atomic E-state index is 12.8. The number of rotatable bonds is 2. The Morgan fingerprint density at radius 3 is 2.10 bits per heavy atom. The second-order valence-electron chi connectivity index (χ2n) is 7.12. The van der Waals surface area contributed by atoms with Gasteiger partial charge in [-0.05, 0) is 19.1 Å². The highest BCUT2D eigenvalue weighted by Gasteiger charge is 2.43. The van der Waals surface area contributed by atoms with Crippen molar-refractivity contribution < 1.29 is 9.70 Å². The number of quaternary nitrogens is 1. The molecule has 4 nitrogen and oxygen atoms in total. The Balaban J connectivity index is 2.58. The Kier molecular flexibility index (Phi) is 3.76. The van der Waals surface area contributed by atoms with Crippen LogP contribution in [0.4, 0.5) is 5.69 Å². The van der Waals surface area contributed by atoms with Gasteiger partial charge in [0.2, 0.25) is 0 Å². The quantitative estimate of drug-likeness (QED) is 0.621. The predicted molar refractivity (Wildman–Crippen MR) is 88.5 cm³/mol. The molecule has 0 aromatic heterocycles. The summed E-state index contributed by atoms with van der Waals surface area (Å²) in [5, 5.41) is 15.7. The second kappa shape index (κ2) is 5.00. The molecule has 0 aliphatic carbocycles. The summed E-state index contributed by atoms with van der Waals surface area (Å²) in [6, 6.07) is 8.09. The van der Waals surface area contributed by atoms with Crippen LogP contribution in [-0.2, 0) is 0 Å². The molecule has 0 N–H and O–H groups in total. The summed E-state index contributed by atoms with van der Waals surface area (Å²) < 4.78 is 0.213. The van der Waals surface area contributed by atoms with Crippen molar-refractivity contribution in [3.8, 4) is 0 Å². The van der Waals surface area contributed by atoms with E-state index in [9.17, 15) is 5.11 Å². The van der Waals surface area contributed by atoms with Gasteiger partial charge < -0.3 is 5.11 Å². The summed E-state index contributed by atoms with van der Waals surface area (Å²) in [6.45, 7) is 8.65. The summed E-state index contributed by atoms with van der Waals surface area (Å²) in [7, 11) is 4.01. The van der Waals surface area contributed by atoms with Crippen molar-refractivity contribution in [1.29, 1.82) is 0 Å². The standard InChI is InChI=1S/C16H25N3OSi/c1-12-8-10-13(11-9-12)17-15-14(21(5,6)7)16(20)19(3,4)18(15)2/h8-11H,1-7H3. The number of nitrogens with zero attached hydrogens (tertiary/aromatic N) is 3. The molecule has 1 aromatic rings. The highest BCUT2D eigenvalue weighted by molar-refractivity contribution is 6.87. The van der Waals surface area contributed by atoms with Crippen LogP contribution in [0.3, 0.4) is 0 Å². The summed E-state index contributed by atoms with van der Waals surface area (Å²) in [5.41, 5.74) is 2.10. The first kappa shape index (κ1) is 15.8. The molecule has 0 radical (unpaired) electrons. The second-order valence-corrected chi connectivity index (χ2v) is 12.1. The van der Waals surface area contributed by atoms with Gasteiger partial charge in [0.15, 0.2) is 5.84 Å². The highest BCUT2D eigenvalue weighted by atomic mass is 28.3. The van der Waals surface area contributed by atoms with E-state index in [1.165, 1.54) is 5.56 Å². The monoisotopic (exact) mass is 303 g/mol. The number of benzene rings is 1. The van der Waals surface area contributed by atoms with E-state index in [2.05, 4.69) is 26.6 Å². The first-order chi connectivity index (χ1) is 9.55. The Labute approximate surface area is 128 Å². The van der Waals surface area contributed by atoms with E-state index in [1.807, 2.05) is 50.4 Å². The van der Waals surface area contributed by atoms with Gasteiger partial charge in [-0.25, -0.2) is 14.6 Å². The van der Waals surface area contributed by atoms with Crippen molar-refractivity contribution in [1.82, 2.24) is 5.01 Å². The molecule has 1 heterocycles. The molecule has 0 amide bonds. The van der Waals surface area contributed by atoms with Gasteiger partial charge in [0.05, 0.1) is 40.8 Å². The Morgan fingerprint density at radius 1 is 1.10 bits per heavy atom. The van der Waals surface area contributed by atoms with E-state index in [0.29, 0.717) is 0 Å². The van der Waals surface area contributed by atoms with Gasteiger partial charge in [-0.3, -0.25) is 0 Å². The normalized spacial score (nSPS) is 20.5. The zero-order valence-electron chi connectivity index (χ0n) is 14.1. The average molecular weight is 303 g/mol. The van der Waals surface area contributed by atoms with Gasteiger partial charge in [0.1, 0.15) is 0 Å². The van der Waals surface area contributed by atoms with E-state index in [1.54, 1.807) is 0 Å². The fourth-order valence-electron chi connectivity index (χ4n) is 2.43. The zero-order chi connectivity index (χ0) is 16.0. The van der Waals surface area contributed by atoms with Gasteiger partial charge in [-0.1, -0.05) is 37.3 Å². The molecule has 2 rings (SSSR count). The number of hydrogen-bond acceptors (Lipinski definition) is 2. The molecule has 1 aliphatic rings. The van der Waals surface area contributed by atoms with Crippen molar-refractivity contribution in [3.63, 3.8) is 0 Å². The topological polar surface area (TPSA) is 38.7 Å². The minimum atomic E-state index is -1.77. The largest absolute Gasteiger partial charge is 0.829 e. The Morgan fingerprint density at radius 2 is 1.62 bits per heavy atom. The van der Waals surface area contributed by atoms with Crippen LogP contribution < -0.4 is 5.11 Å². The van der Waals surface area contributed by atoms with Crippen LogP contribution in [0, 0.1) is 6.92 Å². The summed E-state index contributed by atoms with van der Waals surface area (Å²) in [5.74, 6) is 0.996. The molecule has 21 heavy (non-hydrogen) atoms. The molecule has 0 spiro atoms. The molecule has 0 saturated heterocycles. The van der Waals surface area contributed by atoms with Crippen LogP contribution in [0.2, 0.25) is 19.6 Å². The minimum absolute atomic E-state index is 0.169. The molecule has 1 aromatic carbocycles. The molecule has 1 aliphatic heterocycles. The zero-order valence-corrected chi connectivity index (χ0v) is 15.1. The van der Waals surface area contributed by atoms with Crippen molar-refractivity contribution >= 4 is 19.6 Å². The molecular formula is C16H25N3OSi. The highest BCUT2D eigenvalue weighted by Crippen LogP contribution is 2.33. The van der Waals surface area contributed by atoms with Crippen LogP contribution in [-0.4, -0.2) is 44.7 Å². The van der Waals surface area contributed by atoms with E-state index in [-0.39, 0.29) is 10.5 Å². The lowest BCUT2D eigenvalue weighted by atomic mass is 10.2. The van der Waals surface area contributed by atoms with Crippen molar-refractivity contribution in [2.24, 2.45) is 4.99 Å². The van der Waals surface area contributed by atoms with E-state index < -0.39 is 8.07 Å². The van der Waals surface area contributed by atoms with Crippen LogP contribution in [0.15, 0.2) is 40.3 Å². The average Bonchev–Trinajstić information content (AvgIpc) is 2.53. The molecule has 0 unspecified atom stereocenters. The number of hydrogen-bond donors (Lipinski definition) is 0. The molecule has 0 fully saturated rings. The Hall–Kier alpha value is -1.59. The van der Waals surface area contributed by atoms with Crippen molar-refractivity contribution in [2.45, 2.75) is 26.6 Å². The van der Waals surface area contributed by atoms with E-state index >= 15 is 0 Å². The first-order valence-electron chi connectivity index (χ1n) is 7.21. The molecule has 0 atom stereocenters. The number of aliphatic imine (C=N–C) groups is 1. The van der Waals surface area contributed by atoms with Crippen molar-refractivity contribution in [3.05, 3.63) is 40.9 Å². The van der Waals surface area contributed by atoms with Gasteiger partial charge in [-0.2, -0.15) is 0 Å². The van der Waals surface area contributed by atoms with Crippen LogP contribution >= 0.6 is 0 Å². The molecule has 114 valence electrons. The van der Waals surface area contributed by atoms with Crippen molar-refractivity contribution in [2.75, 3.05) is 21.1 Å².